The number of ketones is 1. The molecule has 0 bridgehead atoms. The van der Waals surface area contributed by atoms with E-state index in [0.29, 0.717) is 11.4 Å². The van der Waals surface area contributed by atoms with Crippen LogP contribution in [0.5, 0.6) is 0 Å². The minimum atomic E-state index is -0.559. The third-order valence-corrected chi connectivity index (χ3v) is 4.42. The Balaban J connectivity index is 1.86. The maximum atomic E-state index is 12.5. The molecule has 0 spiro atoms. The molecule has 1 aromatic heterocycles. The fourth-order valence-electron chi connectivity index (χ4n) is 2.60. The van der Waals surface area contributed by atoms with E-state index in [9.17, 15) is 14.9 Å². The molecule has 0 atom stereocenters. The molecule has 0 aliphatic heterocycles. The molecule has 3 rings (SSSR count). The molecule has 0 saturated heterocycles. The Kier molecular flexibility index (Phi) is 4.76. The smallest absolute Gasteiger partial charge is 0.344 e. The Morgan fingerprint density at radius 1 is 1.24 bits per heavy atom. The lowest BCUT2D eigenvalue weighted by Crippen LogP contribution is -2.06. The minimum Gasteiger partial charge on any atom is -0.358 e. The highest BCUT2D eigenvalue weighted by Crippen LogP contribution is 2.29. The number of aromatic amines is 1. The Bertz CT molecular complexity index is 951. The van der Waals surface area contributed by atoms with Gasteiger partial charge in [0.1, 0.15) is 5.69 Å². The minimum absolute atomic E-state index is 0.127. The van der Waals surface area contributed by atoms with Crippen molar-refractivity contribution in [1.82, 2.24) is 9.97 Å². The lowest BCUT2D eigenvalue weighted by molar-refractivity contribution is -0.390. The van der Waals surface area contributed by atoms with Crippen LogP contribution in [0.25, 0.3) is 11.1 Å². The Morgan fingerprint density at radius 2 is 1.96 bits per heavy atom. The first-order chi connectivity index (χ1) is 12.0. The molecule has 0 unspecified atom stereocenters. The van der Waals surface area contributed by atoms with Gasteiger partial charge in [0.15, 0.2) is 11.6 Å². The van der Waals surface area contributed by atoms with Gasteiger partial charge in [-0.2, -0.15) is 0 Å². The van der Waals surface area contributed by atoms with Crippen molar-refractivity contribution in [2.45, 2.75) is 13.3 Å². The number of nitrogens with zero attached hydrogens (tertiary/aromatic N) is 2. The zero-order chi connectivity index (χ0) is 18.0. The molecule has 0 saturated carbocycles. The van der Waals surface area contributed by atoms with E-state index in [1.807, 2.05) is 36.4 Å². The number of hydrogen-bond donors (Lipinski definition) is 1. The van der Waals surface area contributed by atoms with Crippen LogP contribution in [0.15, 0.2) is 53.0 Å². The van der Waals surface area contributed by atoms with Gasteiger partial charge in [-0.1, -0.05) is 58.4 Å². The summed E-state index contributed by atoms with van der Waals surface area (Å²) in [6, 6.07) is 15.1. The largest absolute Gasteiger partial charge is 0.358 e. The van der Waals surface area contributed by atoms with Crippen LogP contribution in [-0.2, 0) is 6.42 Å². The molecular weight excluding hydrogens is 386 g/mol. The van der Waals surface area contributed by atoms with Gasteiger partial charge in [-0.3, -0.25) is 4.79 Å². The number of aryl methyl sites for hydroxylation is 1. The van der Waals surface area contributed by atoms with Crippen LogP contribution in [0.3, 0.4) is 0 Å². The monoisotopic (exact) mass is 399 g/mol. The number of aromatic nitrogens is 2. The molecule has 1 N–H and O–H groups in total. The summed E-state index contributed by atoms with van der Waals surface area (Å²) in [4.78, 5) is 29.6. The zero-order valence-corrected chi connectivity index (χ0v) is 14.9. The van der Waals surface area contributed by atoms with Gasteiger partial charge in [0.25, 0.3) is 0 Å². The highest BCUT2D eigenvalue weighted by Gasteiger charge is 2.21. The summed E-state index contributed by atoms with van der Waals surface area (Å²) in [6.07, 6.45) is -0.127. The summed E-state index contributed by atoms with van der Waals surface area (Å²) < 4.78 is 0.789. The fourth-order valence-corrected chi connectivity index (χ4v) is 3.20. The summed E-state index contributed by atoms with van der Waals surface area (Å²) in [5.41, 5.74) is 2.63. The average molecular weight is 400 g/mol. The average Bonchev–Trinajstić information content (AvgIpc) is 2.96. The topological polar surface area (TPSA) is 88.9 Å². The molecule has 25 heavy (non-hydrogen) atoms. The number of Topliss-reactive ketones (excluding diaryl/α,β-unsaturated/α-hetero) is 1. The summed E-state index contributed by atoms with van der Waals surface area (Å²) in [5.74, 6) is -0.0455. The van der Waals surface area contributed by atoms with Crippen LogP contribution in [0.2, 0.25) is 0 Å². The van der Waals surface area contributed by atoms with Crippen molar-refractivity contribution < 1.29 is 9.72 Å². The van der Waals surface area contributed by atoms with Crippen molar-refractivity contribution >= 4 is 27.5 Å². The molecule has 0 amide bonds. The first-order valence-corrected chi connectivity index (χ1v) is 8.33. The molecule has 126 valence electrons. The molecule has 7 heteroatoms. The number of nitro groups is 1. The predicted molar refractivity (Wildman–Crippen MR) is 97.6 cm³/mol. The van der Waals surface area contributed by atoms with Crippen LogP contribution in [0, 0.1) is 17.0 Å². The van der Waals surface area contributed by atoms with Gasteiger partial charge in [0.05, 0.1) is 6.42 Å². The third kappa shape index (κ3) is 3.66. The molecule has 6 nitrogen and oxygen atoms in total. The molecule has 2 aromatic carbocycles. The van der Waals surface area contributed by atoms with Gasteiger partial charge in [-0.05, 0) is 22.1 Å². The van der Waals surface area contributed by atoms with Gasteiger partial charge in [0.2, 0.25) is 0 Å². The van der Waals surface area contributed by atoms with Crippen molar-refractivity contribution in [3.8, 4) is 11.1 Å². The van der Waals surface area contributed by atoms with E-state index in [1.54, 1.807) is 19.1 Å². The maximum absolute atomic E-state index is 12.5. The van der Waals surface area contributed by atoms with Crippen LogP contribution in [0.4, 0.5) is 5.82 Å². The first kappa shape index (κ1) is 17.0. The van der Waals surface area contributed by atoms with E-state index in [1.165, 1.54) is 0 Å². The van der Waals surface area contributed by atoms with Crippen molar-refractivity contribution in [2.75, 3.05) is 0 Å². The number of carbonyl (C=O) groups is 1. The predicted octanol–water partition coefficient (Wildman–Crippen LogP) is 4.48. The molecule has 3 aromatic rings. The van der Waals surface area contributed by atoms with Crippen LogP contribution in [-0.4, -0.2) is 20.7 Å². The van der Waals surface area contributed by atoms with E-state index in [0.717, 1.165) is 15.6 Å². The number of halogens is 1. The van der Waals surface area contributed by atoms with Gasteiger partial charge in [-0.15, -0.1) is 0 Å². The second-order valence-electron chi connectivity index (χ2n) is 5.54. The Labute approximate surface area is 152 Å². The second kappa shape index (κ2) is 6.98. The summed E-state index contributed by atoms with van der Waals surface area (Å²) in [5, 5.41) is 11.0. The third-order valence-electron chi connectivity index (χ3n) is 3.76. The number of nitrogens with one attached hydrogen (secondary N) is 1. The normalized spacial score (nSPS) is 10.6. The first-order valence-electron chi connectivity index (χ1n) is 7.53. The number of carbonyl (C=O) groups excluding carboxylic acids is 1. The molecule has 1 heterocycles. The Morgan fingerprint density at radius 3 is 2.60 bits per heavy atom. The summed E-state index contributed by atoms with van der Waals surface area (Å²) in [6.45, 7) is 1.62. The molecule has 0 fully saturated rings. The van der Waals surface area contributed by atoms with Gasteiger partial charge in [-0.25, -0.2) is 9.97 Å². The lowest BCUT2D eigenvalue weighted by atomic mass is 10.0. The SMILES string of the molecule is Cc1nc(CC(=O)c2ccc(-c3ccccc3)c(Br)c2)c([N+](=O)[O-])[nH]1. The maximum Gasteiger partial charge on any atom is 0.344 e. The van der Waals surface area contributed by atoms with E-state index in [2.05, 4.69) is 25.9 Å². The van der Waals surface area contributed by atoms with Crippen LogP contribution >= 0.6 is 15.9 Å². The highest BCUT2D eigenvalue weighted by molar-refractivity contribution is 9.10. The van der Waals surface area contributed by atoms with E-state index >= 15 is 0 Å². The zero-order valence-electron chi connectivity index (χ0n) is 13.3. The number of imidazole rings is 1. The number of rotatable bonds is 5. The quantitative estimate of drug-likeness (QED) is 0.389. The van der Waals surface area contributed by atoms with E-state index in [-0.39, 0.29) is 23.7 Å². The molecule has 0 aliphatic rings. The number of hydrogen-bond acceptors (Lipinski definition) is 4. The van der Waals surface area contributed by atoms with Crippen molar-refractivity contribution in [3.05, 3.63) is 80.2 Å². The Hall–Kier alpha value is -2.80. The van der Waals surface area contributed by atoms with Crippen molar-refractivity contribution in [3.63, 3.8) is 0 Å². The van der Waals surface area contributed by atoms with Crippen molar-refractivity contribution in [1.29, 1.82) is 0 Å². The standard InChI is InChI=1S/C18H14BrN3O3/c1-11-20-16(18(21-11)22(24)25)10-17(23)13-7-8-14(15(19)9-13)12-5-3-2-4-6-12/h2-9H,10H2,1H3,(H,20,21). The lowest BCUT2D eigenvalue weighted by Gasteiger charge is -2.07. The van der Waals surface area contributed by atoms with Crippen LogP contribution in [0.1, 0.15) is 21.9 Å². The van der Waals surface area contributed by atoms with Gasteiger partial charge in [0, 0.05) is 17.0 Å². The summed E-state index contributed by atoms with van der Waals surface area (Å²) in [7, 11) is 0. The van der Waals surface area contributed by atoms with E-state index in [4.69, 9.17) is 0 Å². The molecule has 0 aliphatic carbocycles. The van der Waals surface area contributed by atoms with Gasteiger partial charge < -0.3 is 10.1 Å². The molecular formula is C18H14BrN3O3. The highest BCUT2D eigenvalue weighted by atomic mass is 79.9. The second-order valence-corrected chi connectivity index (χ2v) is 6.39. The molecule has 0 radical (unpaired) electrons. The number of benzene rings is 2. The fraction of sp³-hybridized carbons (Fsp3) is 0.111. The van der Waals surface area contributed by atoms with Gasteiger partial charge >= 0.3 is 5.82 Å². The van der Waals surface area contributed by atoms with Crippen LogP contribution < -0.4 is 0 Å². The number of H-pyrrole nitrogens is 1. The summed E-state index contributed by atoms with van der Waals surface area (Å²) >= 11 is 3.50. The van der Waals surface area contributed by atoms with E-state index < -0.39 is 4.92 Å². The van der Waals surface area contributed by atoms with Crippen molar-refractivity contribution in [2.24, 2.45) is 0 Å².